The Bertz CT molecular complexity index is 1050. The quantitative estimate of drug-likeness (QED) is 0.622. The average molecular weight is 498 g/mol. The van der Waals surface area contributed by atoms with Crippen LogP contribution in [0.4, 0.5) is 5.69 Å². The smallest absolute Gasteiger partial charge is 0.260 e. The molecule has 2 saturated heterocycles. The van der Waals surface area contributed by atoms with Crippen LogP contribution in [0.5, 0.6) is 5.75 Å². The van der Waals surface area contributed by atoms with Crippen molar-refractivity contribution in [2.45, 2.75) is 58.2 Å². The van der Waals surface area contributed by atoms with Crippen LogP contribution in [0.1, 0.15) is 45.1 Å². The Hall–Kier alpha value is -3.06. The van der Waals surface area contributed by atoms with E-state index in [-0.39, 0.29) is 42.8 Å². The van der Waals surface area contributed by atoms with Crippen LogP contribution < -0.4 is 15.0 Å². The Balaban J connectivity index is 1.28. The fourth-order valence-electron chi connectivity index (χ4n) is 4.92. The van der Waals surface area contributed by atoms with Crippen molar-refractivity contribution in [3.63, 3.8) is 0 Å². The molecule has 0 saturated carbocycles. The first-order valence-electron chi connectivity index (χ1n) is 12.2. The molecule has 0 unspecified atom stereocenters. The van der Waals surface area contributed by atoms with Gasteiger partial charge in [0.15, 0.2) is 6.61 Å². The van der Waals surface area contributed by atoms with Gasteiger partial charge in [0.05, 0.1) is 5.92 Å². The number of carbonyl (C=O) groups excluding carboxylic acids is 3. The van der Waals surface area contributed by atoms with Crippen LogP contribution >= 0.6 is 11.6 Å². The van der Waals surface area contributed by atoms with Gasteiger partial charge in [0.2, 0.25) is 11.8 Å². The van der Waals surface area contributed by atoms with Crippen LogP contribution in [-0.2, 0) is 20.9 Å². The molecule has 0 aliphatic carbocycles. The van der Waals surface area contributed by atoms with Crippen molar-refractivity contribution in [2.24, 2.45) is 5.92 Å². The topological polar surface area (TPSA) is 79.0 Å². The third kappa shape index (κ3) is 6.14. The lowest BCUT2D eigenvalue weighted by Crippen LogP contribution is -2.49. The average Bonchev–Trinajstić information content (AvgIpc) is 3.24. The number of amides is 3. The van der Waals surface area contributed by atoms with Crippen molar-refractivity contribution in [2.75, 3.05) is 18.1 Å². The number of carbonyl (C=O) groups is 3. The van der Waals surface area contributed by atoms with E-state index in [0.717, 1.165) is 24.8 Å². The SMILES string of the molecule is C[C@@H]1CCC[C@@H](C)N1C(=O)COc1ccc(N2C[C@H](C(=O)NCc3ccc(Cl)cc3)CC2=O)cc1. The molecule has 1 N–H and O–H groups in total. The number of hydrogen-bond donors (Lipinski definition) is 1. The Morgan fingerprint density at radius 3 is 2.34 bits per heavy atom. The normalized spacial score (nSPS) is 22.3. The van der Waals surface area contributed by atoms with Crippen molar-refractivity contribution < 1.29 is 19.1 Å². The molecule has 0 spiro atoms. The van der Waals surface area contributed by atoms with Gasteiger partial charge >= 0.3 is 0 Å². The molecular weight excluding hydrogens is 466 g/mol. The molecule has 2 aromatic carbocycles. The van der Waals surface area contributed by atoms with Crippen molar-refractivity contribution in [3.05, 3.63) is 59.1 Å². The van der Waals surface area contributed by atoms with Gasteiger partial charge in [0.1, 0.15) is 5.75 Å². The molecule has 35 heavy (non-hydrogen) atoms. The van der Waals surface area contributed by atoms with Crippen molar-refractivity contribution >= 4 is 35.0 Å². The summed E-state index contributed by atoms with van der Waals surface area (Å²) < 4.78 is 5.74. The van der Waals surface area contributed by atoms with E-state index in [2.05, 4.69) is 19.2 Å². The van der Waals surface area contributed by atoms with Crippen molar-refractivity contribution in [1.29, 1.82) is 0 Å². The number of nitrogens with one attached hydrogen (secondary N) is 1. The summed E-state index contributed by atoms with van der Waals surface area (Å²) in [5.41, 5.74) is 1.65. The second-order valence-corrected chi connectivity index (χ2v) is 9.90. The van der Waals surface area contributed by atoms with Gasteiger partial charge in [-0.05, 0) is 75.1 Å². The highest BCUT2D eigenvalue weighted by Gasteiger charge is 2.35. The molecule has 4 rings (SSSR count). The molecule has 0 aromatic heterocycles. The molecule has 2 aromatic rings. The number of piperidine rings is 1. The highest BCUT2D eigenvalue weighted by molar-refractivity contribution is 6.30. The minimum Gasteiger partial charge on any atom is -0.484 e. The molecule has 8 heteroatoms. The summed E-state index contributed by atoms with van der Waals surface area (Å²) >= 11 is 5.90. The summed E-state index contributed by atoms with van der Waals surface area (Å²) in [4.78, 5) is 41.4. The lowest BCUT2D eigenvalue weighted by molar-refractivity contribution is -0.139. The van der Waals surface area contributed by atoms with Crippen LogP contribution in [0, 0.1) is 5.92 Å². The minimum atomic E-state index is -0.406. The van der Waals surface area contributed by atoms with Crippen LogP contribution in [0.2, 0.25) is 5.02 Å². The number of nitrogens with zero attached hydrogens (tertiary/aromatic N) is 2. The summed E-state index contributed by atoms with van der Waals surface area (Å²) in [7, 11) is 0. The molecule has 3 atom stereocenters. The summed E-state index contributed by atoms with van der Waals surface area (Å²) in [5, 5.41) is 3.55. The van der Waals surface area contributed by atoms with Gasteiger partial charge in [0, 0.05) is 42.3 Å². The highest BCUT2D eigenvalue weighted by Crippen LogP contribution is 2.28. The van der Waals surface area contributed by atoms with Gasteiger partial charge in [-0.15, -0.1) is 0 Å². The molecule has 7 nitrogen and oxygen atoms in total. The Kier molecular flexibility index (Phi) is 7.96. The van der Waals surface area contributed by atoms with Gasteiger partial charge < -0.3 is 19.9 Å². The molecular formula is C27H32ClN3O4. The number of likely N-dealkylation sites (tertiary alicyclic amines) is 1. The van der Waals surface area contributed by atoms with E-state index < -0.39 is 5.92 Å². The van der Waals surface area contributed by atoms with Crippen molar-refractivity contribution in [3.8, 4) is 5.75 Å². The summed E-state index contributed by atoms with van der Waals surface area (Å²) in [6, 6.07) is 14.8. The zero-order chi connectivity index (χ0) is 24.9. The standard InChI is InChI=1S/C27H32ClN3O4/c1-18-4-3-5-19(2)31(18)26(33)17-35-24-12-10-23(11-13-24)30-16-21(14-25(30)32)27(34)29-15-20-6-8-22(28)9-7-20/h6-13,18-19,21H,3-5,14-17H2,1-2H3,(H,29,34)/t18-,19-,21-/m1/s1. The predicted octanol–water partition coefficient (Wildman–Crippen LogP) is 4.18. The first kappa shape index (κ1) is 25.0. The largest absolute Gasteiger partial charge is 0.484 e. The van der Waals surface area contributed by atoms with Gasteiger partial charge in [-0.1, -0.05) is 23.7 Å². The lowest BCUT2D eigenvalue weighted by Gasteiger charge is -2.38. The van der Waals surface area contributed by atoms with Gasteiger partial charge in [-0.25, -0.2) is 0 Å². The van der Waals surface area contributed by atoms with E-state index in [4.69, 9.17) is 16.3 Å². The van der Waals surface area contributed by atoms with E-state index in [1.54, 1.807) is 41.3 Å². The molecule has 186 valence electrons. The van der Waals surface area contributed by atoms with E-state index in [1.165, 1.54) is 0 Å². The molecule has 2 aliphatic rings. The maximum Gasteiger partial charge on any atom is 0.260 e. The molecule has 0 radical (unpaired) electrons. The van der Waals surface area contributed by atoms with E-state index in [1.807, 2.05) is 17.0 Å². The zero-order valence-corrected chi connectivity index (χ0v) is 21.0. The minimum absolute atomic E-state index is 0.00375. The highest BCUT2D eigenvalue weighted by atomic mass is 35.5. The Labute approximate surface area is 211 Å². The fraction of sp³-hybridized carbons (Fsp3) is 0.444. The van der Waals surface area contributed by atoms with E-state index >= 15 is 0 Å². The zero-order valence-electron chi connectivity index (χ0n) is 20.2. The first-order chi connectivity index (χ1) is 16.8. The second kappa shape index (κ2) is 11.1. The Morgan fingerprint density at radius 2 is 1.69 bits per heavy atom. The fourth-order valence-corrected chi connectivity index (χ4v) is 5.05. The van der Waals surface area contributed by atoms with Gasteiger partial charge in [0.25, 0.3) is 5.91 Å². The van der Waals surface area contributed by atoms with Crippen LogP contribution in [0.15, 0.2) is 48.5 Å². The summed E-state index contributed by atoms with van der Waals surface area (Å²) in [6.07, 6.45) is 3.36. The Morgan fingerprint density at radius 1 is 1.03 bits per heavy atom. The second-order valence-electron chi connectivity index (χ2n) is 9.46. The summed E-state index contributed by atoms with van der Waals surface area (Å²) in [5.74, 6) is -0.0693. The van der Waals surface area contributed by atoms with Crippen LogP contribution in [0.25, 0.3) is 0 Å². The molecule has 2 aliphatic heterocycles. The maximum atomic E-state index is 12.7. The lowest BCUT2D eigenvalue weighted by atomic mass is 9.97. The predicted molar refractivity (Wildman–Crippen MR) is 135 cm³/mol. The third-order valence-corrected chi connectivity index (χ3v) is 7.12. The molecule has 0 bridgehead atoms. The number of halogens is 1. The van der Waals surface area contributed by atoms with Gasteiger partial charge in [-0.2, -0.15) is 0 Å². The van der Waals surface area contributed by atoms with Crippen molar-refractivity contribution in [1.82, 2.24) is 10.2 Å². The third-order valence-electron chi connectivity index (χ3n) is 6.87. The first-order valence-corrected chi connectivity index (χ1v) is 12.6. The number of rotatable bonds is 7. The van der Waals surface area contributed by atoms with Crippen LogP contribution in [0.3, 0.4) is 0 Å². The van der Waals surface area contributed by atoms with E-state index in [0.29, 0.717) is 29.5 Å². The number of hydrogen-bond acceptors (Lipinski definition) is 4. The monoisotopic (exact) mass is 497 g/mol. The molecule has 2 fully saturated rings. The maximum absolute atomic E-state index is 12.7. The molecule has 3 amide bonds. The number of anilines is 1. The van der Waals surface area contributed by atoms with Crippen LogP contribution in [-0.4, -0.2) is 47.9 Å². The van der Waals surface area contributed by atoms with E-state index in [9.17, 15) is 14.4 Å². The number of ether oxygens (including phenoxy) is 1. The molecule has 2 heterocycles. The van der Waals surface area contributed by atoms with Gasteiger partial charge in [-0.3, -0.25) is 14.4 Å². The summed E-state index contributed by atoms with van der Waals surface area (Å²) in [6.45, 7) is 4.88. The number of benzene rings is 2.